The molecule has 0 aliphatic heterocycles. The molecule has 0 aromatic rings. The average molecular weight is 176 g/mol. The second-order valence-electron chi connectivity index (χ2n) is 2.46. The average Bonchev–Trinajstić information content (AvgIpc) is 2.16. The predicted octanol–water partition coefficient (Wildman–Crippen LogP) is 2.73. The van der Waals surface area contributed by atoms with E-state index in [1.807, 2.05) is 43.6 Å². The van der Waals surface area contributed by atoms with Crippen molar-refractivity contribution in [2.45, 2.75) is 6.42 Å². The Balaban J connectivity index is 3.59. The molecular weight excluding hydrogens is 160 g/mol. The fourth-order valence-electron chi connectivity index (χ4n) is 0.649. The van der Waals surface area contributed by atoms with Crippen LogP contribution in [-0.4, -0.2) is 18.3 Å². The van der Waals surface area contributed by atoms with Gasteiger partial charge in [0, 0.05) is 13.2 Å². The molecule has 0 radical (unpaired) electrons. The van der Waals surface area contributed by atoms with Crippen LogP contribution in [0.2, 0.25) is 0 Å². The Bertz CT molecular complexity index is 224. The van der Waals surface area contributed by atoms with E-state index < -0.39 is 0 Å². The van der Waals surface area contributed by atoms with Gasteiger partial charge in [-0.15, -0.1) is 0 Å². The van der Waals surface area contributed by atoms with Gasteiger partial charge in [-0.2, -0.15) is 0 Å². The third-order valence-corrected chi connectivity index (χ3v) is 1.31. The van der Waals surface area contributed by atoms with Crippen LogP contribution in [0, 0.1) is 5.41 Å². The Labute approximate surface area is 80.1 Å². The first-order chi connectivity index (χ1) is 6.31. The van der Waals surface area contributed by atoms with E-state index in [1.54, 1.807) is 11.0 Å². The lowest BCUT2D eigenvalue weighted by atomic mass is 10.3. The number of rotatable bonds is 6. The van der Waals surface area contributed by atoms with Gasteiger partial charge in [0.05, 0.1) is 6.34 Å². The Morgan fingerprint density at radius 3 is 2.62 bits per heavy atom. The van der Waals surface area contributed by atoms with Crippen molar-refractivity contribution in [3.63, 3.8) is 0 Å². The maximum Gasteiger partial charge on any atom is 0.0854 e. The van der Waals surface area contributed by atoms with Crippen molar-refractivity contribution >= 4 is 6.34 Å². The van der Waals surface area contributed by atoms with Gasteiger partial charge in [0.25, 0.3) is 0 Å². The molecule has 0 atom stereocenters. The SMILES string of the molecule is C=C/C=C\C=C/C/C=C/N(C)C=N. The highest BCUT2D eigenvalue weighted by Crippen LogP contribution is 1.88. The summed E-state index contributed by atoms with van der Waals surface area (Å²) in [7, 11) is 1.82. The smallest absolute Gasteiger partial charge is 0.0854 e. The summed E-state index contributed by atoms with van der Waals surface area (Å²) in [5.74, 6) is 0. The molecule has 13 heavy (non-hydrogen) atoms. The van der Waals surface area contributed by atoms with Gasteiger partial charge in [-0.3, -0.25) is 5.41 Å². The minimum absolute atomic E-state index is 0.875. The number of hydrogen-bond donors (Lipinski definition) is 1. The van der Waals surface area contributed by atoms with Crippen LogP contribution in [0.15, 0.2) is 49.2 Å². The summed E-state index contributed by atoms with van der Waals surface area (Å²) in [6.07, 6.45) is 15.5. The Kier molecular flexibility index (Phi) is 7.50. The molecule has 0 saturated carbocycles. The number of nitrogens with one attached hydrogen (secondary N) is 1. The van der Waals surface area contributed by atoms with Gasteiger partial charge in [0.1, 0.15) is 0 Å². The van der Waals surface area contributed by atoms with Crippen molar-refractivity contribution in [2.24, 2.45) is 0 Å². The number of allylic oxidation sites excluding steroid dienone is 6. The molecule has 0 spiro atoms. The van der Waals surface area contributed by atoms with E-state index in [1.165, 1.54) is 6.34 Å². The maximum atomic E-state index is 6.89. The predicted molar refractivity (Wildman–Crippen MR) is 58.8 cm³/mol. The minimum atomic E-state index is 0.875. The van der Waals surface area contributed by atoms with E-state index in [0.717, 1.165) is 6.42 Å². The van der Waals surface area contributed by atoms with Crippen molar-refractivity contribution in [1.29, 1.82) is 5.41 Å². The first-order valence-corrected chi connectivity index (χ1v) is 4.14. The van der Waals surface area contributed by atoms with Crippen LogP contribution < -0.4 is 0 Å². The molecular formula is C11H16N2. The number of nitrogens with zero attached hydrogens (tertiary/aromatic N) is 1. The van der Waals surface area contributed by atoms with Gasteiger partial charge < -0.3 is 4.90 Å². The molecule has 0 fully saturated rings. The molecule has 0 aromatic carbocycles. The number of hydrogen-bond acceptors (Lipinski definition) is 1. The summed E-state index contributed by atoms with van der Waals surface area (Å²) in [6, 6.07) is 0. The molecule has 0 bridgehead atoms. The van der Waals surface area contributed by atoms with Gasteiger partial charge in [0.15, 0.2) is 0 Å². The standard InChI is InChI=1S/C11H16N2/c1-3-4-5-6-7-8-9-10-13(2)11-12/h3-7,9-12H,1,8H2,2H3/b5-4-,7-6-,10-9+,12-11?. The van der Waals surface area contributed by atoms with Crippen LogP contribution >= 0.6 is 0 Å². The van der Waals surface area contributed by atoms with Crippen LogP contribution in [0.3, 0.4) is 0 Å². The van der Waals surface area contributed by atoms with Crippen molar-refractivity contribution in [2.75, 3.05) is 7.05 Å². The normalized spacial score (nSPS) is 11.5. The zero-order valence-electron chi connectivity index (χ0n) is 7.98. The van der Waals surface area contributed by atoms with Gasteiger partial charge in [-0.05, 0) is 6.42 Å². The first kappa shape index (κ1) is 11.4. The molecule has 0 saturated heterocycles. The third-order valence-electron chi connectivity index (χ3n) is 1.31. The lowest BCUT2D eigenvalue weighted by Gasteiger charge is -2.01. The molecule has 0 aromatic heterocycles. The van der Waals surface area contributed by atoms with Crippen LogP contribution in [0.1, 0.15) is 6.42 Å². The van der Waals surface area contributed by atoms with Crippen molar-refractivity contribution in [1.82, 2.24) is 4.90 Å². The first-order valence-electron chi connectivity index (χ1n) is 4.14. The maximum absolute atomic E-state index is 6.89. The van der Waals surface area contributed by atoms with Gasteiger partial charge in [-0.25, -0.2) is 0 Å². The zero-order valence-corrected chi connectivity index (χ0v) is 7.98. The van der Waals surface area contributed by atoms with E-state index in [-0.39, 0.29) is 0 Å². The largest absolute Gasteiger partial charge is 0.343 e. The Morgan fingerprint density at radius 2 is 2.00 bits per heavy atom. The summed E-state index contributed by atoms with van der Waals surface area (Å²) < 4.78 is 0. The fourth-order valence-corrected chi connectivity index (χ4v) is 0.649. The quantitative estimate of drug-likeness (QED) is 0.376. The van der Waals surface area contributed by atoms with Gasteiger partial charge in [-0.1, -0.05) is 43.0 Å². The molecule has 0 heterocycles. The van der Waals surface area contributed by atoms with Crippen LogP contribution in [-0.2, 0) is 0 Å². The van der Waals surface area contributed by atoms with Gasteiger partial charge in [0.2, 0.25) is 0 Å². The third kappa shape index (κ3) is 8.34. The molecule has 0 aliphatic carbocycles. The highest BCUT2D eigenvalue weighted by molar-refractivity contribution is 5.51. The summed E-state index contributed by atoms with van der Waals surface area (Å²) in [4.78, 5) is 1.69. The van der Waals surface area contributed by atoms with Crippen LogP contribution in [0.25, 0.3) is 0 Å². The van der Waals surface area contributed by atoms with Crippen LogP contribution in [0.5, 0.6) is 0 Å². The highest BCUT2D eigenvalue weighted by atomic mass is 15.1. The highest BCUT2D eigenvalue weighted by Gasteiger charge is 1.77. The van der Waals surface area contributed by atoms with E-state index in [4.69, 9.17) is 5.41 Å². The van der Waals surface area contributed by atoms with Crippen molar-refractivity contribution < 1.29 is 0 Å². The molecule has 0 unspecified atom stereocenters. The van der Waals surface area contributed by atoms with Crippen molar-refractivity contribution in [3.05, 3.63) is 49.2 Å². The van der Waals surface area contributed by atoms with E-state index in [2.05, 4.69) is 6.58 Å². The lowest BCUT2D eigenvalue weighted by Crippen LogP contribution is -2.04. The monoisotopic (exact) mass is 176 g/mol. The van der Waals surface area contributed by atoms with Gasteiger partial charge >= 0.3 is 0 Å². The molecule has 1 N–H and O–H groups in total. The van der Waals surface area contributed by atoms with E-state index in [9.17, 15) is 0 Å². The lowest BCUT2D eigenvalue weighted by molar-refractivity contribution is 0.703. The molecule has 0 amide bonds. The molecule has 2 heteroatoms. The minimum Gasteiger partial charge on any atom is -0.343 e. The Morgan fingerprint density at radius 1 is 1.23 bits per heavy atom. The Hall–Kier alpha value is -1.57. The fraction of sp³-hybridized carbons (Fsp3) is 0.182. The molecule has 2 nitrogen and oxygen atoms in total. The molecule has 0 aliphatic rings. The summed E-state index contributed by atoms with van der Waals surface area (Å²) in [5, 5.41) is 6.89. The van der Waals surface area contributed by atoms with Crippen LogP contribution in [0.4, 0.5) is 0 Å². The second kappa shape index (κ2) is 8.53. The second-order valence-corrected chi connectivity index (χ2v) is 2.46. The molecule has 0 rings (SSSR count). The van der Waals surface area contributed by atoms with E-state index >= 15 is 0 Å². The summed E-state index contributed by atoms with van der Waals surface area (Å²) in [5.41, 5.74) is 0. The topological polar surface area (TPSA) is 27.1 Å². The summed E-state index contributed by atoms with van der Waals surface area (Å²) in [6.45, 7) is 3.56. The molecule has 70 valence electrons. The van der Waals surface area contributed by atoms with E-state index in [0.29, 0.717) is 0 Å². The van der Waals surface area contributed by atoms with Crippen molar-refractivity contribution in [3.8, 4) is 0 Å². The zero-order chi connectivity index (χ0) is 9.94. The summed E-state index contributed by atoms with van der Waals surface area (Å²) >= 11 is 0.